The largest absolute Gasteiger partial charge is 0.455 e. The second-order valence-electron chi connectivity index (χ2n) is 6.83. The monoisotopic (exact) mass is 430 g/mol. The van der Waals surface area contributed by atoms with Crippen LogP contribution in [0.2, 0.25) is 0 Å². The third kappa shape index (κ3) is 6.13. The van der Waals surface area contributed by atoms with Crippen molar-refractivity contribution in [1.29, 1.82) is 0 Å². The summed E-state index contributed by atoms with van der Waals surface area (Å²) in [5.41, 5.74) is 0. The minimum Gasteiger partial charge on any atom is -0.455 e. The molecule has 30 heavy (non-hydrogen) atoms. The van der Waals surface area contributed by atoms with Crippen LogP contribution in [0.5, 0.6) is 0 Å². The number of hydrogen-bond acceptors (Lipinski definition) is 11. The molecular formula is C18H26N2O10. The lowest BCUT2D eigenvalue weighted by Gasteiger charge is -2.44. The van der Waals surface area contributed by atoms with Crippen LogP contribution in [0, 0.1) is 0 Å². The smallest absolute Gasteiger partial charge is 0.305 e. The maximum absolute atomic E-state index is 13.1. The van der Waals surface area contributed by atoms with Gasteiger partial charge in [-0.25, -0.2) is 0 Å². The molecule has 0 radical (unpaired) electrons. The van der Waals surface area contributed by atoms with E-state index in [1.54, 1.807) is 0 Å². The molecule has 2 aliphatic rings. The van der Waals surface area contributed by atoms with E-state index < -0.39 is 60.5 Å². The number of piperazine rings is 1. The Morgan fingerprint density at radius 1 is 0.733 bits per heavy atom. The van der Waals surface area contributed by atoms with Crippen LogP contribution in [0.15, 0.2) is 0 Å². The molecule has 2 aliphatic heterocycles. The van der Waals surface area contributed by atoms with E-state index in [-0.39, 0.29) is 0 Å². The van der Waals surface area contributed by atoms with E-state index in [4.69, 9.17) is 23.7 Å². The van der Waals surface area contributed by atoms with Gasteiger partial charge in [-0.1, -0.05) is 0 Å². The molecule has 0 aromatic carbocycles. The molecule has 2 rings (SSSR count). The molecule has 0 aromatic heterocycles. The minimum atomic E-state index is -1.56. The average molecular weight is 430 g/mol. The van der Waals surface area contributed by atoms with E-state index in [0.717, 1.165) is 27.7 Å². The van der Waals surface area contributed by atoms with E-state index in [1.807, 2.05) is 0 Å². The molecular weight excluding hydrogens is 404 g/mol. The van der Waals surface area contributed by atoms with Gasteiger partial charge in [0.25, 0.3) is 5.91 Å². The van der Waals surface area contributed by atoms with Crippen molar-refractivity contribution in [2.45, 2.75) is 58.4 Å². The zero-order chi connectivity index (χ0) is 22.4. The number of carbonyl (C=O) groups excluding carboxylic acids is 5. The Balaban J connectivity index is 2.45. The first-order valence-corrected chi connectivity index (χ1v) is 9.44. The van der Waals surface area contributed by atoms with Gasteiger partial charge in [0, 0.05) is 53.9 Å². The van der Waals surface area contributed by atoms with Gasteiger partial charge in [-0.05, 0) is 0 Å². The van der Waals surface area contributed by atoms with E-state index >= 15 is 0 Å². The van der Waals surface area contributed by atoms with Crippen molar-refractivity contribution in [1.82, 2.24) is 10.2 Å². The Hall–Kier alpha value is -2.73. The molecule has 2 saturated heterocycles. The van der Waals surface area contributed by atoms with Gasteiger partial charge in [-0.15, -0.1) is 0 Å². The number of amides is 1. The second-order valence-corrected chi connectivity index (χ2v) is 6.83. The number of carbonyl (C=O) groups is 5. The van der Waals surface area contributed by atoms with Crippen LogP contribution in [-0.4, -0.2) is 91.6 Å². The van der Waals surface area contributed by atoms with Gasteiger partial charge in [0.15, 0.2) is 18.3 Å². The summed E-state index contributed by atoms with van der Waals surface area (Å²) in [5.74, 6) is -3.67. The predicted octanol–water partition coefficient (Wildman–Crippen LogP) is -1.50. The molecule has 0 spiro atoms. The zero-order valence-corrected chi connectivity index (χ0v) is 17.2. The highest BCUT2D eigenvalue weighted by molar-refractivity contribution is 5.83. The summed E-state index contributed by atoms with van der Waals surface area (Å²) in [6, 6.07) is 0. The quantitative estimate of drug-likeness (QED) is 0.401. The number of ether oxygens (including phenoxy) is 5. The van der Waals surface area contributed by atoms with E-state index in [1.165, 1.54) is 4.90 Å². The molecule has 0 bridgehead atoms. The Morgan fingerprint density at radius 2 is 1.20 bits per heavy atom. The first-order chi connectivity index (χ1) is 14.1. The van der Waals surface area contributed by atoms with Gasteiger partial charge in [-0.2, -0.15) is 0 Å². The molecule has 2 heterocycles. The van der Waals surface area contributed by atoms with Crippen LogP contribution in [0.25, 0.3) is 0 Å². The number of esters is 4. The molecule has 1 N–H and O–H groups in total. The van der Waals surface area contributed by atoms with E-state index in [9.17, 15) is 24.0 Å². The van der Waals surface area contributed by atoms with Crippen molar-refractivity contribution in [3.8, 4) is 0 Å². The first-order valence-electron chi connectivity index (χ1n) is 9.44. The van der Waals surface area contributed by atoms with Gasteiger partial charge in [0.05, 0.1) is 0 Å². The first kappa shape index (κ1) is 23.5. The van der Waals surface area contributed by atoms with Crippen molar-refractivity contribution in [3.05, 3.63) is 0 Å². The van der Waals surface area contributed by atoms with Crippen molar-refractivity contribution in [2.24, 2.45) is 0 Å². The number of rotatable bonds is 5. The summed E-state index contributed by atoms with van der Waals surface area (Å²) in [4.78, 5) is 61.3. The standard InChI is InChI=1S/C18H26N2O10/c1-9(21)26-13-14(27-10(2)22)16(28-11(3)23)18(29-12(4)24)30-15(13)17(25)20-7-5-19-6-8-20/h13-16,18-19H,5-8H2,1-4H3. The fourth-order valence-electron chi connectivity index (χ4n) is 3.30. The van der Waals surface area contributed by atoms with Gasteiger partial charge < -0.3 is 33.9 Å². The predicted molar refractivity (Wildman–Crippen MR) is 96.5 cm³/mol. The molecule has 12 heteroatoms. The van der Waals surface area contributed by atoms with Gasteiger partial charge in [-0.3, -0.25) is 24.0 Å². The normalized spacial score (nSPS) is 28.8. The molecule has 168 valence electrons. The lowest BCUT2D eigenvalue weighted by atomic mass is 9.96. The van der Waals surface area contributed by atoms with E-state index in [2.05, 4.69) is 5.32 Å². The Labute approximate surface area is 173 Å². The van der Waals surface area contributed by atoms with Crippen molar-refractivity contribution < 1.29 is 47.7 Å². The SMILES string of the molecule is CC(=O)OC1OC(C(=O)N2CCNCC2)C(OC(C)=O)C(OC(C)=O)C1OC(C)=O. The van der Waals surface area contributed by atoms with Crippen molar-refractivity contribution in [2.75, 3.05) is 26.2 Å². The lowest BCUT2D eigenvalue weighted by molar-refractivity contribution is -0.292. The molecule has 5 unspecified atom stereocenters. The Kier molecular flexibility index (Phi) is 8.12. The third-order valence-corrected chi connectivity index (χ3v) is 4.36. The molecule has 0 aliphatic carbocycles. The fourth-order valence-corrected chi connectivity index (χ4v) is 3.30. The number of nitrogens with one attached hydrogen (secondary N) is 1. The zero-order valence-electron chi connectivity index (χ0n) is 17.2. The van der Waals surface area contributed by atoms with E-state index in [0.29, 0.717) is 26.2 Å². The van der Waals surface area contributed by atoms with Crippen molar-refractivity contribution in [3.63, 3.8) is 0 Å². The van der Waals surface area contributed by atoms with Crippen LogP contribution in [0.4, 0.5) is 0 Å². The fraction of sp³-hybridized carbons (Fsp3) is 0.722. The lowest BCUT2D eigenvalue weighted by Crippen LogP contribution is -2.66. The summed E-state index contributed by atoms with van der Waals surface area (Å²) in [6.07, 6.45) is -7.33. The molecule has 1 amide bonds. The number of nitrogens with zero attached hydrogens (tertiary/aromatic N) is 1. The second kappa shape index (κ2) is 10.3. The highest BCUT2D eigenvalue weighted by Gasteiger charge is 2.56. The summed E-state index contributed by atoms with van der Waals surface area (Å²) in [6.45, 7) is 6.23. The molecule has 5 atom stereocenters. The molecule has 0 aromatic rings. The van der Waals surface area contributed by atoms with Gasteiger partial charge >= 0.3 is 23.9 Å². The maximum Gasteiger partial charge on any atom is 0.305 e. The highest BCUT2D eigenvalue weighted by Crippen LogP contribution is 2.30. The van der Waals surface area contributed by atoms with Crippen LogP contribution in [0.1, 0.15) is 27.7 Å². The minimum absolute atomic E-state index is 0.370. The van der Waals surface area contributed by atoms with Crippen molar-refractivity contribution >= 4 is 29.8 Å². The van der Waals surface area contributed by atoms with Crippen LogP contribution in [-0.2, 0) is 47.7 Å². The third-order valence-electron chi connectivity index (χ3n) is 4.36. The maximum atomic E-state index is 13.1. The Morgan fingerprint density at radius 3 is 1.70 bits per heavy atom. The van der Waals surface area contributed by atoms with Crippen LogP contribution < -0.4 is 5.32 Å². The summed E-state index contributed by atoms with van der Waals surface area (Å²) in [5, 5.41) is 3.10. The summed E-state index contributed by atoms with van der Waals surface area (Å²) < 4.78 is 26.4. The molecule has 2 fully saturated rings. The topological polar surface area (TPSA) is 147 Å². The Bertz CT molecular complexity index is 690. The highest BCUT2D eigenvalue weighted by atomic mass is 16.7. The molecule has 12 nitrogen and oxygen atoms in total. The average Bonchev–Trinajstić information content (AvgIpc) is 2.65. The van der Waals surface area contributed by atoms with Crippen LogP contribution >= 0.6 is 0 Å². The summed E-state index contributed by atoms with van der Waals surface area (Å²) in [7, 11) is 0. The van der Waals surface area contributed by atoms with Crippen LogP contribution in [0.3, 0.4) is 0 Å². The summed E-state index contributed by atoms with van der Waals surface area (Å²) >= 11 is 0. The molecule has 0 saturated carbocycles. The van der Waals surface area contributed by atoms with Gasteiger partial charge in [0.2, 0.25) is 12.4 Å². The van der Waals surface area contributed by atoms with Gasteiger partial charge in [0.1, 0.15) is 0 Å². The number of hydrogen-bond donors (Lipinski definition) is 1.